The van der Waals surface area contributed by atoms with Crippen molar-refractivity contribution in [3.63, 3.8) is 0 Å². The minimum absolute atomic E-state index is 0.00908. The molecule has 4 rings (SSSR count). The molecule has 1 unspecified atom stereocenters. The second-order valence-corrected chi connectivity index (χ2v) is 7.82. The monoisotopic (exact) mass is 444 g/mol. The lowest BCUT2D eigenvalue weighted by atomic mass is 10.2. The fourth-order valence-electron chi connectivity index (χ4n) is 3.50. The Balaban J connectivity index is 1.31. The fraction of sp³-hybridized carbons (Fsp3) is 0.429. The molecule has 2 aromatic heterocycles. The average Bonchev–Trinajstić information content (AvgIpc) is 3.35. The molecule has 0 bridgehead atoms. The largest absolute Gasteiger partial charge is 0.492 e. The number of carbonyl (C=O) groups excluding carboxylic acids is 1. The van der Waals surface area contributed by atoms with E-state index in [0.29, 0.717) is 49.3 Å². The average molecular weight is 445 g/mol. The molecule has 1 aliphatic heterocycles. The number of nitrogens with one attached hydrogen (secondary N) is 1. The van der Waals surface area contributed by atoms with Crippen LogP contribution in [0.1, 0.15) is 29.1 Å². The van der Waals surface area contributed by atoms with E-state index in [9.17, 15) is 4.79 Å². The number of aryl methyl sites for hydroxylation is 2. The minimum atomic E-state index is -0.272. The first-order valence-electron chi connectivity index (χ1n) is 10.2. The van der Waals surface area contributed by atoms with Crippen molar-refractivity contribution < 1.29 is 14.3 Å². The van der Waals surface area contributed by atoms with Gasteiger partial charge in [-0.25, -0.2) is 9.67 Å². The van der Waals surface area contributed by atoms with E-state index < -0.39 is 0 Å². The number of rotatable bonds is 7. The first-order valence-corrected chi connectivity index (χ1v) is 10.6. The minimum Gasteiger partial charge on any atom is -0.492 e. The topological polar surface area (TPSA) is 98.2 Å². The summed E-state index contributed by atoms with van der Waals surface area (Å²) >= 11 is 6.11. The molecule has 164 valence electrons. The summed E-state index contributed by atoms with van der Waals surface area (Å²) in [5.41, 5.74) is 1.71. The van der Waals surface area contributed by atoms with Crippen LogP contribution in [0.3, 0.4) is 0 Å². The van der Waals surface area contributed by atoms with Gasteiger partial charge in [0.05, 0.1) is 30.5 Å². The van der Waals surface area contributed by atoms with Crippen molar-refractivity contribution >= 4 is 17.5 Å². The molecule has 1 atom stereocenters. The van der Waals surface area contributed by atoms with E-state index in [2.05, 4.69) is 20.3 Å². The number of benzene rings is 1. The zero-order valence-electron chi connectivity index (χ0n) is 17.5. The second-order valence-electron chi connectivity index (χ2n) is 7.41. The summed E-state index contributed by atoms with van der Waals surface area (Å²) < 4.78 is 13.2. The van der Waals surface area contributed by atoms with Crippen LogP contribution in [-0.4, -0.2) is 62.1 Å². The van der Waals surface area contributed by atoms with Crippen LogP contribution >= 0.6 is 11.6 Å². The highest BCUT2D eigenvalue weighted by Crippen LogP contribution is 2.24. The van der Waals surface area contributed by atoms with Crippen LogP contribution in [0, 0.1) is 13.8 Å². The summed E-state index contributed by atoms with van der Waals surface area (Å²) in [6.45, 7) is 5.76. The molecule has 9 nitrogen and oxygen atoms in total. The maximum Gasteiger partial charge on any atom is 0.244 e. The Labute approximate surface area is 185 Å². The predicted molar refractivity (Wildman–Crippen MR) is 114 cm³/mol. The Morgan fingerprint density at radius 3 is 2.97 bits per heavy atom. The molecule has 0 radical (unpaired) electrons. The van der Waals surface area contributed by atoms with Gasteiger partial charge in [0.15, 0.2) is 0 Å². The number of halogens is 1. The van der Waals surface area contributed by atoms with Crippen LogP contribution < -0.4 is 4.74 Å². The van der Waals surface area contributed by atoms with Gasteiger partial charge in [-0.3, -0.25) is 9.89 Å². The Hall–Kier alpha value is -2.91. The third kappa shape index (κ3) is 5.23. The van der Waals surface area contributed by atoms with Crippen LogP contribution in [0.25, 0.3) is 0 Å². The molecule has 1 N–H and O–H groups in total. The fourth-order valence-corrected chi connectivity index (χ4v) is 3.69. The highest BCUT2D eigenvalue weighted by molar-refractivity contribution is 6.32. The van der Waals surface area contributed by atoms with Gasteiger partial charge in [0, 0.05) is 18.7 Å². The van der Waals surface area contributed by atoms with E-state index >= 15 is 0 Å². The molecule has 3 heterocycles. The summed E-state index contributed by atoms with van der Waals surface area (Å²) in [4.78, 5) is 18.8. The number of para-hydroxylation sites is 1. The summed E-state index contributed by atoms with van der Waals surface area (Å²) in [6.07, 6.45) is 0.379. The van der Waals surface area contributed by atoms with Gasteiger partial charge in [-0.15, -0.1) is 0 Å². The van der Waals surface area contributed by atoms with Gasteiger partial charge < -0.3 is 14.4 Å². The van der Waals surface area contributed by atoms with Crippen molar-refractivity contribution in [3.8, 4) is 5.75 Å². The molecule has 1 aromatic carbocycles. The molecular weight excluding hydrogens is 420 g/mol. The van der Waals surface area contributed by atoms with Crippen molar-refractivity contribution in [2.45, 2.75) is 32.9 Å². The zero-order chi connectivity index (χ0) is 21.8. The standard InChI is InChI=1S/C21H25ClN6O3/c1-14-23-15(2)28(26-14)13-21(29)27-8-10-31-20(12-27)18-11-16(24-25-18)7-9-30-19-6-4-3-5-17(19)22/h3-6,11,20H,7-10,12-13H2,1-2H3,(H,24,25). The number of morpholine rings is 1. The molecule has 1 saturated heterocycles. The van der Waals surface area contributed by atoms with E-state index in [1.54, 1.807) is 15.6 Å². The number of amides is 1. The molecule has 10 heteroatoms. The molecule has 1 amide bonds. The van der Waals surface area contributed by atoms with Gasteiger partial charge >= 0.3 is 0 Å². The molecule has 3 aromatic rings. The van der Waals surface area contributed by atoms with Gasteiger partial charge in [-0.1, -0.05) is 23.7 Å². The van der Waals surface area contributed by atoms with Crippen LogP contribution in [0.2, 0.25) is 5.02 Å². The first-order chi connectivity index (χ1) is 15.0. The number of hydrogen-bond donors (Lipinski definition) is 1. The molecule has 31 heavy (non-hydrogen) atoms. The Morgan fingerprint density at radius 2 is 2.19 bits per heavy atom. The molecule has 0 saturated carbocycles. The van der Waals surface area contributed by atoms with Crippen molar-refractivity contribution in [1.29, 1.82) is 0 Å². The lowest BCUT2D eigenvalue weighted by Crippen LogP contribution is -2.44. The van der Waals surface area contributed by atoms with Gasteiger partial charge in [0.25, 0.3) is 0 Å². The third-order valence-corrected chi connectivity index (χ3v) is 5.43. The van der Waals surface area contributed by atoms with Gasteiger partial charge in [0.1, 0.15) is 30.0 Å². The van der Waals surface area contributed by atoms with E-state index in [1.165, 1.54) is 0 Å². The van der Waals surface area contributed by atoms with Crippen molar-refractivity contribution in [1.82, 2.24) is 29.9 Å². The quantitative estimate of drug-likeness (QED) is 0.601. The first kappa shape index (κ1) is 21.3. The van der Waals surface area contributed by atoms with Crippen LogP contribution in [0.4, 0.5) is 0 Å². The Bertz CT molecular complexity index is 1050. The van der Waals surface area contributed by atoms with E-state index in [-0.39, 0.29) is 18.6 Å². The van der Waals surface area contributed by atoms with E-state index in [4.69, 9.17) is 21.1 Å². The number of hydrogen-bond acceptors (Lipinski definition) is 6. The Morgan fingerprint density at radius 1 is 1.35 bits per heavy atom. The summed E-state index contributed by atoms with van der Waals surface area (Å²) in [5, 5.41) is 12.3. The number of nitrogens with zero attached hydrogens (tertiary/aromatic N) is 5. The van der Waals surface area contributed by atoms with Crippen molar-refractivity contribution in [2.24, 2.45) is 0 Å². The number of aromatic amines is 1. The molecule has 0 aliphatic carbocycles. The lowest BCUT2D eigenvalue weighted by molar-refractivity contribution is -0.140. The Kier molecular flexibility index (Phi) is 6.53. The second kappa shape index (κ2) is 9.49. The maximum atomic E-state index is 12.7. The highest BCUT2D eigenvalue weighted by Gasteiger charge is 2.27. The summed E-state index contributed by atoms with van der Waals surface area (Å²) in [7, 11) is 0. The van der Waals surface area contributed by atoms with Crippen molar-refractivity contribution in [2.75, 3.05) is 26.3 Å². The summed E-state index contributed by atoms with van der Waals surface area (Å²) in [5.74, 6) is 2.04. The van der Waals surface area contributed by atoms with Crippen LogP contribution in [-0.2, 0) is 22.5 Å². The number of ether oxygens (including phenoxy) is 2. The molecule has 1 aliphatic rings. The van der Waals surface area contributed by atoms with Crippen LogP contribution in [0.15, 0.2) is 30.3 Å². The SMILES string of the molecule is Cc1nc(C)n(CC(=O)N2CCOC(c3cc(CCOc4ccccc4Cl)[nH]n3)C2)n1. The van der Waals surface area contributed by atoms with Crippen molar-refractivity contribution in [3.05, 3.63) is 58.4 Å². The highest BCUT2D eigenvalue weighted by atomic mass is 35.5. The predicted octanol–water partition coefficient (Wildman–Crippen LogP) is 2.49. The van der Waals surface area contributed by atoms with E-state index in [1.807, 2.05) is 38.1 Å². The number of aromatic nitrogens is 5. The smallest absolute Gasteiger partial charge is 0.244 e. The summed E-state index contributed by atoms with van der Waals surface area (Å²) in [6, 6.07) is 9.34. The molecule has 1 fully saturated rings. The number of carbonyl (C=O) groups is 1. The van der Waals surface area contributed by atoms with Gasteiger partial charge in [-0.05, 0) is 32.0 Å². The van der Waals surface area contributed by atoms with Gasteiger partial charge in [0.2, 0.25) is 5.91 Å². The zero-order valence-corrected chi connectivity index (χ0v) is 18.3. The van der Waals surface area contributed by atoms with E-state index in [0.717, 1.165) is 17.2 Å². The molecular formula is C21H25ClN6O3. The lowest BCUT2D eigenvalue weighted by Gasteiger charge is -2.32. The molecule has 0 spiro atoms. The maximum absolute atomic E-state index is 12.7. The van der Waals surface area contributed by atoms with Gasteiger partial charge in [-0.2, -0.15) is 10.2 Å². The van der Waals surface area contributed by atoms with Crippen LogP contribution in [0.5, 0.6) is 5.75 Å². The number of H-pyrrole nitrogens is 1. The normalized spacial score (nSPS) is 16.5. The third-order valence-electron chi connectivity index (χ3n) is 5.11.